The van der Waals surface area contributed by atoms with Gasteiger partial charge in [0.15, 0.2) is 0 Å². The first kappa shape index (κ1) is 14.7. The number of benzene rings is 2. The van der Waals surface area contributed by atoms with E-state index in [-0.39, 0.29) is 6.61 Å². The Bertz CT molecular complexity index is 588. The Balaban J connectivity index is 2.12. The van der Waals surface area contributed by atoms with Gasteiger partial charge in [-0.1, -0.05) is 51.3 Å². The molecule has 0 saturated carbocycles. The Morgan fingerprint density at radius 3 is 2.63 bits per heavy atom. The molecule has 2 rings (SSSR count). The molecule has 2 aromatic carbocycles. The van der Waals surface area contributed by atoms with Gasteiger partial charge in [-0.15, -0.1) is 0 Å². The third kappa shape index (κ3) is 3.63. The van der Waals surface area contributed by atoms with Crippen LogP contribution in [0.2, 0.25) is 10.0 Å². The van der Waals surface area contributed by atoms with Crippen LogP contribution < -0.4 is 4.74 Å². The molecule has 100 valence electrons. The van der Waals surface area contributed by atoms with Gasteiger partial charge in [-0.3, -0.25) is 0 Å². The zero-order chi connectivity index (χ0) is 13.8. The normalized spacial score (nSPS) is 10.5. The molecule has 0 bridgehead atoms. The lowest BCUT2D eigenvalue weighted by Gasteiger charge is -2.10. The molecule has 5 heteroatoms. The Hall–Kier alpha value is -0.740. The van der Waals surface area contributed by atoms with E-state index in [4.69, 9.17) is 27.9 Å². The Kier molecular flexibility index (Phi) is 5.11. The molecule has 0 heterocycles. The second kappa shape index (κ2) is 6.62. The summed E-state index contributed by atoms with van der Waals surface area (Å²) in [6.45, 7) is 0.279. The predicted octanol–water partition coefficient (Wildman–Crippen LogP) is 4.83. The van der Waals surface area contributed by atoms with E-state index in [1.165, 1.54) is 0 Å². The monoisotopic (exact) mass is 360 g/mol. The Morgan fingerprint density at radius 1 is 1.11 bits per heavy atom. The topological polar surface area (TPSA) is 29.5 Å². The maximum absolute atomic E-state index is 9.18. The molecular weight excluding hydrogens is 351 g/mol. The van der Waals surface area contributed by atoms with Crippen LogP contribution in [0.15, 0.2) is 40.9 Å². The molecule has 0 aliphatic heterocycles. The quantitative estimate of drug-likeness (QED) is 0.845. The van der Waals surface area contributed by atoms with Gasteiger partial charge < -0.3 is 9.84 Å². The van der Waals surface area contributed by atoms with Gasteiger partial charge in [-0.05, 0) is 29.8 Å². The molecule has 2 nitrogen and oxygen atoms in total. The van der Waals surface area contributed by atoms with E-state index >= 15 is 0 Å². The zero-order valence-electron chi connectivity index (χ0n) is 9.87. The molecule has 0 aromatic heterocycles. The van der Waals surface area contributed by atoms with Crippen molar-refractivity contribution in [3.05, 3.63) is 62.0 Å². The van der Waals surface area contributed by atoms with Gasteiger partial charge in [-0.25, -0.2) is 0 Å². The van der Waals surface area contributed by atoms with Crippen molar-refractivity contribution >= 4 is 39.1 Å². The minimum absolute atomic E-state index is 0.0459. The number of aliphatic hydroxyl groups is 1. The van der Waals surface area contributed by atoms with E-state index in [0.717, 1.165) is 15.6 Å². The van der Waals surface area contributed by atoms with Gasteiger partial charge in [0.1, 0.15) is 12.4 Å². The maximum Gasteiger partial charge on any atom is 0.120 e. The number of rotatable bonds is 4. The van der Waals surface area contributed by atoms with Gasteiger partial charge in [-0.2, -0.15) is 0 Å². The minimum atomic E-state index is -0.0459. The van der Waals surface area contributed by atoms with E-state index in [9.17, 15) is 5.11 Å². The molecule has 0 fully saturated rings. The van der Waals surface area contributed by atoms with Crippen molar-refractivity contribution in [1.29, 1.82) is 0 Å². The van der Waals surface area contributed by atoms with Crippen molar-refractivity contribution in [3.63, 3.8) is 0 Å². The largest absolute Gasteiger partial charge is 0.489 e. The van der Waals surface area contributed by atoms with Crippen molar-refractivity contribution in [2.45, 2.75) is 13.2 Å². The summed E-state index contributed by atoms with van der Waals surface area (Å²) in [5.41, 5.74) is 1.59. The first-order chi connectivity index (χ1) is 9.11. The molecule has 1 N–H and O–H groups in total. The van der Waals surface area contributed by atoms with Crippen molar-refractivity contribution < 1.29 is 9.84 Å². The fraction of sp³-hybridized carbons (Fsp3) is 0.143. The molecule has 0 radical (unpaired) electrons. The third-order valence-corrected chi connectivity index (χ3v) is 4.25. The first-order valence-corrected chi connectivity index (χ1v) is 7.11. The van der Waals surface area contributed by atoms with Crippen LogP contribution in [0.4, 0.5) is 0 Å². The van der Waals surface area contributed by atoms with Crippen LogP contribution in [0.3, 0.4) is 0 Å². The smallest absolute Gasteiger partial charge is 0.120 e. The van der Waals surface area contributed by atoms with E-state index < -0.39 is 0 Å². The van der Waals surface area contributed by atoms with Crippen LogP contribution in [0, 0.1) is 0 Å². The molecule has 0 spiro atoms. The summed E-state index contributed by atoms with van der Waals surface area (Å²) >= 11 is 15.4. The van der Waals surface area contributed by atoms with Crippen LogP contribution in [0.1, 0.15) is 11.1 Å². The van der Waals surface area contributed by atoms with Gasteiger partial charge in [0.2, 0.25) is 0 Å². The summed E-state index contributed by atoms with van der Waals surface area (Å²) in [4.78, 5) is 0. The van der Waals surface area contributed by atoms with Crippen molar-refractivity contribution in [2.75, 3.05) is 0 Å². The first-order valence-electron chi connectivity index (χ1n) is 5.57. The highest BCUT2D eigenvalue weighted by atomic mass is 79.9. The predicted molar refractivity (Wildman–Crippen MR) is 80.9 cm³/mol. The van der Waals surface area contributed by atoms with Crippen LogP contribution in [-0.4, -0.2) is 5.11 Å². The number of hydrogen-bond donors (Lipinski definition) is 1. The van der Waals surface area contributed by atoms with Crippen LogP contribution in [-0.2, 0) is 13.2 Å². The third-order valence-electron chi connectivity index (χ3n) is 2.61. The van der Waals surface area contributed by atoms with E-state index in [1.807, 2.05) is 24.3 Å². The van der Waals surface area contributed by atoms with Crippen LogP contribution >= 0.6 is 39.1 Å². The Labute approximate surface area is 130 Å². The standard InChI is InChI=1S/C14H11BrCl2O2/c15-12-5-4-11(6-10(12)7-18)19-8-9-2-1-3-13(16)14(9)17/h1-6,18H,7-8H2. The number of halogens is 3. The van der Waals surface area contributed by atoms with E-state index in [0.29, 0.717) is 22.4 Å². The van der Waals surface area contributed by atoms with Crippen molar-refractivity contribution in [3.8, 4) is 5.75 Å². The summed E-state index contributed by atoms with van der Waals surface area (Å²) in [6, 6.07) is 10.9. The summed E-state index contributed by atoms with van der Waals surface area (Å²) in [5, 5.41) is 10.2. The molecule has 0 saturated heterocycles. The summed E-state index contributed by atoms with van der Waals surface area (Å²) in [6.07, 6.45) is 0. The lowest BCUT2D eigenvalue weighted by Crippen LogP contribution is -1.97. The highest BCUT2D eigenvalue weighted by Crippen LogP contribution is 2.27. The summed E-state index contributed by atoms with van der Waals surface area (Å²) < 4.78 is 6.50. The highest BCUT2D eigenvalue weighted by molar-refractivity contribution is 9.10. The number of hydrogen-bond acceptors (Lipinski definition) is 2. The molecule has 0 amide bonds. The lowest BCUT2D eigenvalue weighted by atomic mass is 10.2. The minimum Gasteiger partial charge on any atom is -0.489 e. The maximum atomic E-state index is 9.18. The number of ether oxygens (including phenoxy) is 1. The average Bonchev–Trinajstić information content (AvgIpc) is 2.42. The summed E-state index contributed by atoms with van der Waals surface area (Å²) in [7, 11) is 0. The second-order valence-electron chi connectivity index (χ2n) is 3.91. The lowest BCUT2D eigenvalue weighted by molar-refractivity contribution is 0.277. The van der Waals surface area contributed by atoms with Gasteiger partial charge in [0.05, 0.1) is 16.7 Å². The fourth-order valence-corrected chi connectivity index (χ4v) is 2.33. The second-order valence-corrected chi connectivity index (χ2v) is 5.55. The van der Waals surface area contributed by atoms with Crippen LogP contribution in [0.5, 0.6) is 5.75 Å². The fourth-order valence-electron chi connectivity index (χ4n) is 1.58. The van der Waals surface area contributed by atoms with Gasteiger partial charge >= 0.3 is 0 Å². The van der Waals surface area contributed by atoms with Crippen LogP contribution in [0.25, 0.3) is 0 Å². The van der Waals surface area contributed by atoms with E-state index in [1.54, 1.807) is 12.1 Å². The Morgan fingerprint density at radius 2 is 1.89 bits per heavy atom. The number of aliphatic hydroxyl groups excluding tert-OH is 1. The van der Waals surface area contributed by atoms with Gasteiger partial charge in [0, 0.05) is 10.0 Å². The molecular formula is C14H11BrCl2O2. The average molecular weight is 362 g/mol. The molecule has 2 aromatic rings. The SMILES string of the molecule is OCc1cc(OCc2cccc(Cl)c2Cl)ccc1Br. The van der Waals surface area contributed by atoms with Crippen molar-refractivity contribution in [1.82, 2.24) is 0 Å². The highest BCUT2D eigenvalue weighted by Gasteiger charge is 2.06. The molecule has 0 atom stereocenters. The zero-order valence-corrected chi connectivity index (χ0v) is 13.0. The molecule has 19 heavy (non-hydrogen) atoms. The van der Waals surface area contributed by atoms with Crippen molar-refractivity contribution in [2.24, 2.45) is 0 Å². The van der Waals surface area contributed by atoms with Gasteiger partial charge in [0.25, 0.3) is 0 Å². The van der Waals surface area contributed by atoms with E-state index in [2.05, 4.69) is 15.9 Å². The molecule has 0 unspecified atom stereocenters. The summed E-state index contributed by atoms with van der Waals surface area (Å²) in [5.74, 6) is 0.670. The molecule has 0 aliphatic rings. The molecule has 0 aliphatic carbocycles.